The first kappa shape index (κ1) is 13.8. The van der Waals surface area contributed by atoms with Gasteiger partial charge < -0.3 is 10.2 Å². The summed E-state index contributed by atoms with van der Waals surface area (Å²) in [6.45, 7) is 2.04. The van der Waals surface area contributed by atoms with Gasteiger partial charge in [0.15, 0.2) is 0 Å². The number of nitrogens with one attached hydrogen (secondary N) is 1. The molecule has 4 nitrogen and oxygen atoms in total. The van der Waals surface area contributed by atoms with Crippen LogP contribution in [0.15, 0.2) is 18.3 Å². The lowest BCUT2D eigenvalue weighted by Crippen LogP contribution is -2.37. The maximum Gasteiger partial charge on any atom is 0.272 e. The predicted molar refractivity (Wildman–Crippen MR) is 73.7 cm³/mol. The maximum atomic E-state index is 12.1. The number of aromatic nitrogens is 1. The van der Waals surface area contributed by atoms with Crippen LogP contribution in [0.25, 0.3) is 0 Å². The Morgan fingerprint density at radius 3 is 2.76 bits per heavy atom. The van der Waals surface area contributed by atoms with Gasteiger partial charge in [0.25, 0.3) is 5.91 Å². The SMILES string of the molecule is CNc1ccc(C(=O)N(C)C(C)CSC)nc1. The van der Waals surface area contributed by atoms with Crippen LogP contribution in [0.4, 0.5) is 5.69 Å². The molecule has 0 saturated carbocycles. The first-order chi connectivity index (χ1) is 8.10. The lowest BCUT2D eigenvalue weighted by Gasteiger charge is -2.23. The van der Waals surface area contributed by atoms with Crippen molar-refractivity contribution in [3.05, 3.63) is 24.0 Å². The minimum Gasteiger partial charge on any atom is -0.387 e. The molecule has 0 aromatic carbocycles. The van der Waals surface area contributed by atoms with E-state index in [2.05, 4.69) is 10.3 Å². The Bertz CT molecular complexity index is 367. The highest BCUT2D eigenvalue weighted by atomic mass is 32.2. The van der Waals surface area contributed by atoms with Gasteiger partial charge in [-0.3, -0.25) is 4.79 Å². The number of pyridine rings is 1. The summed E-state index contributed by atoms with van der Waals surface area (Å²) in [4.78, 5) is 18.0. The third kappa shape index (κ3) is 3.63. The highest BCUT2D eigenvalue weighted by Crippen LogP contribution is 2.10. The molecular formula is C12H19N3OS. The molecule has 0 spiro atoms. The van der Waals surface area contributed by atoms with Gasteiger partial charge in [0.05, 0.1) is 11.9 Å². The van der Waals surface area contributed by atoms with Gasteiger partial charge in [0.2, 0.25) is 0 Å². The fourth-order valence-electron chi connectivity index (χ4n) is 1.40. The number of thioether (sulfide) groups is 1. The molecular weight excluding hydrogens is 234 g/mol. The van der Waals surface area contributed by atoms with Gasteiger partial charge in [-0.25, -0.2) is 4.98 Å². The highest BCUT2D eigenvalue weighted by molar-refractivity contribution is 7.98. The zero-order chi connectivity index (χ0) is 12.8. The predicted octanol–water partition coefficient (Wildman–Crippen LogP) is 1.95. The van der Waals surface area contributed by atoms with E-state index in [0.717, 1.165) is 11.4 Å². The molecule has 5 heteroatoms. The third-order valence-electron chi connectivity index (χ3n) is 2.66. The zero-order valence-electron chi connectivity index (χ0n) is 10.7. The Balaban J connectivity index is 2.74. The molecule has 1 rings (SSSR count). The van der Waals surface area contributed by atoms with Crippen molar-refractivity contribution in [2.45, 2.75) is 13.0 Å². The van der Waals surface area contributed by atoms with Crippen molar-refractivity contribution in [2.75, 3.05) is 31.4 Å². The standard InChI is InChI=1S/C12H19N3OS/c1-9(8-17-4)15(3)12(16)11-6-5-10(13-2)7-14-11/h5-7,9,13H,8H2,1-4H3. The summed E-state index contributed by atoms with van der Waals surface area (Å²) < 4.78 is 0. The Labute approximate surface area is 107 Å². The van der Waals surface area contributed by atoms with Crippen LogP contribution >= 0.6 is 11.8 Å². The zero-order valence-corrected chi connectivity index (χ0v) is 11.5. The molecule has 1 amide bonds. The van der Waals surface area contributed by atoms with Crippen LogP contribution in [0.1, 0.15) is 17.4 Å². The second kappa shape index (κ2) is 6.49. The molecule has 0 bridgehead atoms. The molecule has 94 valence electrons. The van der Waals surface area contributed by atoms with Crippen LogP contribution in [-0.4, -0.2) is 47.9 Å². The second-order valence-electron chi connectivity index (χ2n) is 3.90. The number of carbonyl (C=O) groups is 1. The number of hydrogen-bond acceptors (Lipinski definition) is 4. The Morgan fingerprint density at radius 2 is 2.29 bits per heavy atom. The Hall–Kier alpha value is -1.23. The van der Waals surface area contributed by atoms with E-state index in [1.165, 1.54) is 0 Å². The smallest absolute Gasteiger partial charge is 0.272 e. The number of carbonyl (C=O) groups excluding carboxylic acids is 1. The van der Waals surface area contributed by atoms with E-state index in [4.69, 9.17) is 0 Å². The molecule has 1 N–H and O–H groups in total. The fraction of sp³-hybridized carbons (Fsp3) is 0.500. The first-order valence-corrected chi connectivity index (χ1v) is 6.89. The molecule has 1 aromatic heterocycles. The van der Waals surface area contributed by atoms with Crippen molar-refractivity contribution in [1.82, 2.24) is 9.88 Å². The van der Waals surface area contributed by atoms with Gasteiger partial charge in [0, 0.05) is 25.9 Å². The number of amides is 1. The molecule has 0 aliphatic carbocycles. The monoisotopic (exact) mass is 253 g/mol. The number of nitrogens with zero attached hydrogens (tertiary/aromatic N) is 2. The number of anilines is 1. The average molecular weight is 253 g/mol. The second-order valence-corrected chi connectivity index (χ2v) is 4.81. The Kier molecular flexibility index (Phi) is 5.28. The quantitative estimate of drug-likeness (QED) is 0.871. The van der Waals surface area contributed by atoms with E-state index in [0.29, 0.717) is 5.69 Å². The van der Waals surface area contributed by atoms with Gasteiger partial charge in [0.1, 0.15) is 5.69 Å². The normalized spacial score (nSPS) is 12.0. The van der Waals surface area contributed by atoms with Crippen LogP contribution in [0, 0.1) is 0 Å². The van der Waals surface area contributed by atoms with E-state index in [9.17, 15) is 4.79 Å². The minimum atomic E-state index is -0.0331. The molecule has 1 aromatic rings. The van der Waals surface area contributed by atoms with Gasteiger partial charge in [-0.15, -0.1) is 0 Å². The summed E-state index contributed by atoms with van der Waals surface area (Å²) in [5.74, 6) is 0.894. The molecule has 0 radical (unpaired) electrons. The fourth-order valence-corrected chi connectivity index (χ4v) is 2.11. The van der Waals surface area contributed by atoms with Crippen LogP contribution in [0.5, 0.6) is 0 Å². The number of hydrogen-bond donors (Lipinski definition) is 1. The van der Waals surface area contributed by atoms with E-state index in [1.54, 1.807) is 28.9 Å². The molecule has 1 heterocycles. The Morgan fingerprint density at radius 1 is 1.59 bits per heavy atom. The van der Waals surface area contributed by atoms with E-state index >= 15 is 0 Å². The largest absolute Gasteiger partial charge is 0.387 e. The van der Waals surface area contributed by atoms with Gasteiger partial charge >= 0.3 is 0 Å². The van der Waals surface area contributed by atoms with E-state index in [-0.39, 0.29) is 11.9 Å². The topological polar surface area (TPSA) is 45.2 Å². The minimum absolute atomic E-state index is 0.0331. The average Bonchev–Trinajstić information content (AvgIpc) is 2.37. The lowest BCUT2D eigenvalue weighted by molar-refractivity contribution is 0.0751. The molecule has 1 unspecified atom stereocenters. The number of rotatable bonds is 5. The maximum absolute atomic E-state index is 12.1. The molecule has 0 saturated heterocycles. The summed E-state index contributed by atoms with van der Waals surface area (Å²) in [5, 5.41) is 2.97. The van der Waals surface area contributed by atoms with Crippen molar-refractivity contribution in [1.29, 1.82) is 0 Å². The third-order valence-corrected chi connectivity index (χ3v) is 3.48. The van der Waals surface area contributed by atoms with Gasteiger partial charge in [-0.05, 0) is 25.3 Å². The van der Waals surface area contributed by atoms with Crippen LogP contribution in [0.3, 0.4) is 0 Å². The molecule has 0 fully saturated rings. The summed E-state index contributed by atoms with van der Waals surface area (Å²) in [6, 6.07) is 3.81. The molecule has 17 heavy (non-hydrogen) atoms. The molecule has 0 aliphatic heterocycles. The van der Waals surface area contributed by atoms with Crippen LogP contribution in [-0.2, 0) is 0 Å². The van der Waals surface area contributed by atoms with Crippen molar-refractivity contribution >= 4 is 23.4 Å². The highest BCUT2D eigenvalue weighted by Gasteiger charge is 2.17. The first-order valence-electron chi connectivity index (χ1n) is 5.50. The van der Waals surface area contributed by atoms with E-state index < -0.39 is 0 Å². The summed E-state index contributed by atoms with van der Waals surface area (Å²) >= 11 is 1.73. The lowest BCUT2D eigenvalue weighted by atomic mass is 10.2. The summed E-state index contributed by atoms with van der Waals surface area (Å²) in [7, 11) is 3.64. The molecule has 0 aliphatic rings. The van der Waals surface area contributed by atoms with E-state index in [1.807, 2.05) is 33.3 Å². The summed E-state index contributed by atoms with van der Waals surface area (Å²) in [5.41, 5.74) is 1.39. The van der Waals surface area contributed by atoms with Crippen molar-refractivity contribution < 1.29 is 4.79 Å². The molecule has 1 atom stereocenters. The van der Waals surface area contributed by atoms with Gasteiger partial charge in [-0.1, -0.05) is 0 Å². The summed E-state index contributed by atoms with van der Waals surface area (Å²) in [6.07, 6.45) is 3.70. The van der Waals surface area contributed by atoms with Crippen molar-refractivity contribution in [2.24, 2.45) is 0 Å². The van der Waals surface area contributed by atoms with Crippen molar-refractivity contribution in [3.63, 3.8) is 0 Å². The van der Waals surface area contributed by atoms with Crippen molar-refractivity contribution in [3.8, 4) is 0 Å². The van der Waals surface area contributed by atoms with Crippen LogP contribution < -0.4 is 5.32 Å². The van der Waals surface area contributed by atoms with Crippen LogP contribution in [0.2, 0.25) is 0 Å². The van der Waals surface area contributed by atoms with Gasteiger partial charge in [-0.2, -0.15) is 11.8 Å².